The molecule has 2 fully saturated rings. The van der Waals surface area contributed by atoms with Crippen molar-refractivity contribution in [1.29, 1.82) is 0 Å². The molecule has 0 bridgehead atoms. The Morgan fingerprint density at radius 3 is 2.54 bits per heavy atom. The van der Waals surface area contributed by atoms with Crippen molar-refractivity contribution < 1.29 is 4.79 Å². The smallest absolute Gasteiger partial charge is 0.317 e. The molecule has 6 heteroatoms. The van der Waals surface area contributed by atoms with E-state index in [1.54, 1.807) is 0 Å². The van der Waals surface area contributed by atoms with Crippen LogP contribution in [0.1, 0.15) is 74.5 Å². The van der Waals surface area contributed by atoms with E-state index in [-0.39, 0.29) is 17.5 Å². The summed E-state index contributed by atoms with van der Waals surface area (Å²) in [4.78, 5) is 14.7. The molecular formula is C20H26N4OS. The topological polar surface area (TPSA) is 58.1 Å². The van der Waals surface area contributed by atoms with Crippen LogP contribution in [0.25, 0.3) is 0 Å². The minimum absolute atomic E-state index is 0.0640. The van der Waals surface area contributed by atoms with E-state index in [2.05, 4.69) is 60.6 Å². The summed E-state index contributed by atoms with van der Waals surface area (Å²) in [6.07, 6.45) is 4.43. The van der Waals surface area contributed by atoms with Crippen LogP contribution in [-0.2, 0) is 5.41 Å². The number of nitrogens with one attached hydrogen (secondary N) is 1. The van der Waals surface area contributed by atoms with Gasteiger partial charge >= 0.3 is 6.03 Å². The second kappa shape index (κ2) is 6.65. The van der Waals surface area contributed by atoms with E-state index in [1.807, 2.05) is 4.90 Å². The number of amides is 2. The van der Waals surface area contributed by atoms with E-state index in [4.69, 9.17) is 0 Å². The van der Waals surface area contributed by atoms with E-state index in [9.17, 15) is 4.79 Å². The van der Waals surface area contributed by atoms with E-state index in [0.717, 1.165) is 24.4 Å². The molecule has 2 aliphatic rings. The highest BCUT2D eigenvalue weighted by Crippen LogP contribution is 2.42. The molecule has 1 aromatic heterocycles. The number of benzene rings is 1. The van der Waals surface area contributed by atoms with Gasteiger partial charge in [0.2, 0.25) is 5.13 Å². The van der Waals surface area contributed by atoms with Gasteiger partial charge in [0.05, 0.1) is 6.04 Å². The standard InChI is InChI=1S/C20H26N4OS/c1-20(2,3)15-10-8-13(9-11-15)16-5-4-12-24(16)19(25)21-18-23-22-17(26-18)14-6-7-14/h8-11,14,16H,4-7,12H2,1-3H3,(H,21,23,25)/t16-/m1/s1. The molecule has 4 rings (SSSR count). The first-order valence-electron chi connectivity index (χ1n) is 9.43. The van der Waals surface area contributed by atoms with Crippen LogP contribution in [0.4, 0.5) is 9.93 Å². The molecule has 1 aromatic carbocycles. The van der Waals surface area contributed by atoms with Crippen LogP contribution in [0.3, 0.4) is 0 Å². The Hall–Kier alpha value is -1.95. The van der Waals surface area contributed by atoms with E-state index in [1.165, 1.54) is 35.3 Å². The number of nitrogens with zero attached hydrogens (tertiary/aromatic N) is 3. The molecular weight excluding hydrogens is 344 g/mol. The fourth-order valence-electron chi connectivity index (χ4n) is 3.51. The first kappa shape index (κ1) is 17.5. The molecule has 1 saturated heterocycles. The summed E-state index contributed by atoms with van der Waals surface area (Å²) in [6.45, 7) is 7.44. The molecule has 1 aliphatic heterocycles. The molecule has 0 spiro atoms. The first-order chi connectivity index (χ1) is 12.4. The lowest BCUT2D eigenvalue weighted by atomic mass is 9.86. The van der Waals surface area contributed by atoms with Gasteiger partial charge in [0, 0.05) is 12.5 Å². The van der Waals surface area contributed by atoms with Crippen LogP contribution >= 0.6 is 11.3 Å². The Labute approximate surface area is 158 Å². The van der Waals surface area contributed by atoms with Gasteiger partial charge in [0.15, 0.2) is 0 Å². The summed E-state index contributed by atoms with van der Waals surface area (Å²) in [7, 11) is 0. The second-order valence-corrected chi connectivity index (χ2v) is 9.38. The minimum Gasteiger partial charge on any atom is -0.317 e. The molecule has 0 unspecified atom stereocenters. The van der Waals surface area contributed by atoms with E-state index < -0.39 is 0 Å². The zero-order chi connectivity index (χ0) is 18.3. The number of urea groups is 1. The Morgan fingerprint density at radius 1 is 1.15 bits per heavy atom. The molecule has 2 aromatic rings. The Balaban J connectivity index is 1.45. The lowest BCUT2D eigenvalue weighted by molar-refractivity contribution is 0.207. The van der Waals surface area contributed by atoms with Crippen molar-refractivity contribution in [2.24, 2.45) is 0 Å². The van der Waals surface area contributed by atoms with Gasteiger partial charge in [-0.15, -0.1) is 10.2 Å². The lowest BCUT2D eigenvalue weighted by Crippen LogP contribution is -2.34. The van der Waals surface area contributed by atoms with Crippen LogP contribution in [0, 0.1) is 0 Å². The molecule has 2 heterocycles. The van der Waals surface area contributed by atoms with Crippen molar-refractivity contribution >= 4 is 22.5 Å². The molecule has 2 amide bonds. The monoisotopic (exact) mass is 370 g/mol. The average Bonchev–Trinajstić information content (AvgIpc) is 3.15. The minimum atomic E-state index is -0.0640. The number of hydrogen-bond donors (Lipinski definition) is 1. The van der Waals surface area contributed by atoms with Gasteiger partial charge in [-0.2, -0.15) is 0 Å². The first-order valence-corrected chi connectivity index (χ1v) is 10.2. The third kappa shape index (κ3) is 3.61. The van der Waals surface area contributed by atoms with Crippen molar-refractivity contribution in [2.45, 2.75) is 63.8 Å². The highest BCUT2D eigenvalue weighted by atomic mass is 32.1. The van der Waals surface area contributed by atoms with Gasteiger partial charge in [-0.1, -0.05) is 56.4 Å². The average molecular weight is 371 g/mol. The Kier molecular flexibility index (Phi) is 4.47. The predicted octanol–water partition coefficient (Wildman–Crippen LogP) is 5.08. The third-order valence-electron chi connectivity index (χ3n) is 5.26. The summed E-state index contributed by atoms with van der Waals surface area (Å²) < 4.78 is 0. The zero-order valence-corrected chi connectivity index (χ0v) is 16.5. The molecule has 1 saturated carbocycles. The fourth-order valence-corrected chi connectivity index (χ4v) is 4.41. The van der Waals surface area contributed by atoms with Crippen molar-refractivity contribution in [1.82, 2.24) is 15.1 Å². The largest absolute Gasteiger partial charge is 0.324 e. The summed E-state index contributed by atoms with van der Waals surface area (Å²) in [5.74, 6) is 0.569. The molecule has 0 radical (unpaired) electrons. The normalized spacial score (nSPS) is 20.4. The highest BCUT2D eigenvalue weighted by Gasteiger charge is 2.32. The SMILES string of the molecule is CC(C)(C)c1ccc([C@H]2CCCN2C(=O)Nc2nnc(C3CC3)s2)cc1. The maximum atomic E-state index is 12.8. The Morgan fingerprint density at radius 2 is 1.88 bits per heavy atom. The summed E-state index contributed by atoms with van der Waals surface area (Å²) in [5.41, 5.74) is 2.67. The Bertz CT molecular complexity index is 789. The number of rotatable bonds is 3. The van der Waals surface area contributed by atoms with E-state index in [0.29, 0.717) is 11.0 Å². The predicted molar refractivity (Wildman–Crippen MR) is 105 cm³/mol. The number of likely N-dealkylation sites (tertiary alicyclic amines) is 1. The number of aromatic nitrogens is 2. The zero-order valence-electron chi connectivity index (χ0n) is 15.7. The molecule has 26 heavy (non-hydrogen) atoms. The van der Waals surface area contributed by atoms with Crippen LogP contribution < -0.4 is 5.32 Å². The van der Waals surface area contributed by atoms with Crippen molar-refractivity contribution in [3.63, 3.8) is 0 Å². The molecule has 1 atom stereocenters. The third-order valence-corrected chi connectivity index (χ3v) is 6.26. The molecule has 1 aliphatic carbocycles. The number of carbonyl (C=O) groups excluding carboxylic acids is 1. The number of anilines is 1. The fraction of sp³-hybridized carbons (Fsp3) is 0.550. The number of carbonyl (C=O) groups is 1. The number of hydrogen-bond acceptors (Lipinski definition) is 4. The van der Waals surface area contributed by atoms with Gasteiger partial charge in [0.1, 0.15) is 5.01 Å². The van der Waals surface area contributed by atoms with Crippen molar-refractivity contribution in [3.8, 4) is 0 Å². The molecule has 5 nitrogen and oxygen atoms in total. The summed E-state index contributed by atoms with van der Waals surface area (Å²) in [5, 5.41) is 13.0. The molecule has 1 N–H and O–H groups in total. The van der Waals surface area contributed by atoms with Crippen molar-refractivity contribution in [2.75, 3.05) is 11.9 Å². The maximum Gasteiger partial charge on any atom is 0.324 e. The summed E-state index contributed by atoms with van der Waals surface area (Å²) in [6, 6.07) is 8.80. The van der Waals surface area contributed by atoms with E-state index >= 15 is 0 Å². The van der Waals surface area contributed by atoms with Gasteiger partial charge in [-0.3, -0.25) is 5.32 Å². The van der Waals surface area contributed by atoms with Crippen LogP contribution in [0.2, 0.25) is 0 Å². The van der Waals surface area contributed by atoms with Gasteiger partial charge < -0.3 is 4.90 Å². The highest BCUT2D eigenvalue weighted by molar-refractivity contribution is 7.15. The van der Waals surface area contributed by atoms with Crippen molar-refractivity contribution in [3.05, 3.63) is 40.4 Å². The van der Waals surface area contributed by atoms with Crippen LogP contribution in [-0.4, -0.2) is 27.7 Å². The maximum absolute atomic E-state index is 12.8. The van der Waals surface area contributed by atoms with Crippen LogP contribution in [0.5, 0.6) is 0 Å². The van der Waals surface area contributed by atoms with Gasteiger partial charge in [0.25, 0.3) is 0 Å². The second-order valence-electron chi connectivity index (χ2n) is 8.37. The van der Waals surface area contributed by atoms with Gasteiger partial charge in [-0.05, 0) is 42.2 Å². The van der Waals surface area contributed by atoms with Gasteiger partial charge in [-0.25, -0.2) is 4.79 Å². The quantitative estimate of drug-likeness (QED) is 0.819. The lowest BCUT2D eigenvalue weighted by Gasteiger charge is -2.26. The molecule has 138 valence electrons. The van der Waals surface area contributed by atoms with Crippen LogP contribution in [0.15, 0.2) is 24.3 Å². The summed E-state index contributed by atoms with van der Waals surface area (Å²) >= 11 is 1.51.